The lowest BCUT2D eigenvalue weighted by Gasteiger charge is -2.42. The Kier molecular flexibility index (Phi) is 6.10. The number of Topliss-reactive ketones (excluding diaryl/α,β-unsaturated/α-hetero) is 1. The third-order valence-corrected chi connectivity index (χ3v) is 8.81. The number of aromatic hydroxyl groups is 1. The Morgan fingerprint density at radius 2 is 1.82 bits per heavy atom. The number of fused-ring (bicyclic) bond motifs is 3. The van der Waals surface area contributed by atoms with Crippen molar-refractivity contribution in [1.29, 1.82) is 0 Å². The molecule has 3 aliphatic carbocycles. The van der Waals surface area contributed by atoms with E-state index < -0.39 is 41.5 Å². The number of methoxy groups -OCH3 is 1. The number of ketones is 2. The first-order valence-electron chi connectivity index (χ1n) is 12.6. The molecule has 1 saturated heterocycles. The summed E-state index contributed by atoms with van der Waals surface area (Å²) in [4.78, 5) is 66.7. The number of phenolic OH excluding ortho intramolecular Hbond substituents is 1. The van der Waals surface area contributed by atoms with Crippen LogP contribution in [0.4, 0.5) is 5.69 Å². The average molecular weight is 604 g/mol. The van der Waals surface area contributed by atoms with Gasteiger partial charge in [-0.2, -0.15) is 0 Å². The summed E-state index contributed by atoms with van der Waals surface area (Å²) in [6.45, 7) is 0. The van der Waals surface area contributed by atoms with Crippen LogP contribution in [0.1, 0.15) is 34.7 Å². The number of phenols is 1. The van der Waals surface area contributed by atoms with Gasteiger partial charge in [0.2, 0.25) is 11.8 Å². The lowest BCUT2D eigenvalue weighted by molar-refractivity contribution is -0.123. The fourth-order valence-electron chi connectivity index (χ4n) is 6.51. The summed E-state index contributed by atoms with van der Waals surface area (Å²) in [6.07, 6.45) is 3.44. The van der Waals surface area contributed by atoms with Crippen molar-refractivity contribution in [1.82, 2.24) is 0 Å². The van der Waals surface area contributed by atoms with Crippen molar-refractivity contribution in [2.24, 2.45) is 17.8 Å². The second-order valence-corrected chi connectivity index (χ2v) is 11.0. The Morgan fingerprint density at radius 3 is 2.52 bits per heavy atom. The maximum atomic E-state index is 13.9. The van der Waals surface area contributed by atoms with Crippen LogP contribution in [0.15, 0.2) is 75.8 Å². The van der Waals surface area contributed by atoms with E-state index in [1.807, 2.05) is 6.08 Å². The maximum absolute atomic E-state index is 13.9. The first-order valence-corrected chi connectivity index (χ1v) is 13.4. The smallest absolute Gasteiger partial charge is 0.335 e. The standard InChI is InChI=1S/C30H22BrNO8/c1-40-23-8-5-13(10-21(23)33)24-16-6-7-17-25(18(16)11-19-26(24)22(34)12-20(31)27(19)35)29(37)32(28(17)36)15-4-2-3-14(9-15)30(38)39/h2-6,8-10,12,17-18,24-25,33H,7,11H2,1H3,(H,38,39)/t17-,18+,24-,25-/m0/s1. The molecule has 2 aromatic carbocycles. The quantitative estimate of drug-likeness (QED) is 0.303. The number of amides is 2. The molecule has 2 N–H and O–H groups in total. The van der Waals surface area contributed by atoms with Crippen molar-refractivity contribution in [3.05, 3.63) is 86.9 Å². The first kappa shape index (κ1) is 25.9. The molecule has 0 saturated carbocycles. The minimum Gasteiger partial charge on any atom is -0.504 e. The summed E-state index contributed by atoms with van der Waals surface area (Å²) in [5.41, 5.74) is 1.97. The molecule has 1 fully saturated rings. The highest BCUT2D eigenvalue weighted by Gasteiger charge is 2.56. The van der Waals surface area contributed by atoms with Gasteiger partial charge in [0.15, 0.2) is 23.1 Å². The van der Waals surface area contributed by atoms with Crippen LogP contribution >= 0.6 is 15.9 Å². The van der Waals surface area contributed by atoms with Gasteiger partial charge in [0.25, 0.3) is 0 Å². The van der Waals surface area contributed by atoms with Crippen LogP contribution in [0, 0.1) is 17.8 Å². The molecule has 1 aliphatic heterocycles. The Morgan fingerprint density at radius 1 is 1.05 bits per heavy atom. The second-order valence-electron chi connectivity index (χ2n) is 10.2. The van der Waals surface area contributed by atoms with E-state index in [1.165, 1.54) is 43.5 Å². The Hall–Kier alpha value is -4.31. The highest BCUT2D eigenvalue weighted by atomic mass is 79.9. The highest BCUT2D eigenvalue weighted by molar-refractivity contribution is 9.12. The number of carboxylic acid groups (broad SMARTS) is 1. The summed E-state index contributed by atoms with van der Waals surface area (Å²) >= 11 is 3.20. The zero-order chi connectivity index (χ0) is 28.5. The molecular weight excluding hydrogens is 582 g/mol. The van der Waals surface area contributed by atoms with Crippen LogP contribution in [0.25, 0.3) is 0 Å². The number of carbonyl (C=O) groups excluding carboxylic acids is 4. The number of halogens is 1. The van der Waals surface area contributed by atoms with Crippen LogP contribution in [0.2, 0.25) is 0 Å². The van der Waals surface area contributed by atoms with Crippen molar-refractivity contribution in [3.8, 4) is 11.5 Å². The predicted molar refractivity (Wildman–Crippen MR) is 145 cm³/mol. The molecule has 202 valence electrons. The zero-order valence-electron chi connectivity index (χ0n) is 21.1. The van der Waals surface area contributed by atoms with Gasteiger partial charge in [-0.05, 0) is 70.6 Å². The molecule has 40 heavy (non-hydrogen) atoms. The molecule has 4 aliphatic rings. The van der Waals surface area contributed by atoms with Crippen molar-refractivity contribution in [2.45, 2.75) is 18.8 Å². The third-order valence-electron chi connectivity index (χ3n) is 8.22. The van der Waals surface area contributed by atoms with Crippen LogP contribution in [0.3, 0.4) is 0 Å². The summed E-state index contributed by atoms with van der Waals surface area (Å²) in [5.74, 6) is -5.47. The van der Waals surface area contributed by atoms with Crippen molar-refractivity contribution >= 4 is 51.0 Å². The van der Waals surface area contributed by atoms with Crippen molar-refractivity contribution in [2.75, 3.05) is 12.0 Å². The molecule has 10 heteroatoms. The molecule has 0 radical (unpaired) electrons. The third kappa shape index (κ3) is 3.77. The summed E-state index contributed by atoms with van der Waals surface area (Å²) in [6, 6.07) is 10.4. The van der Waals surface area contributed by atoms with Gasteiger partial charge in [-0.15, -0.1) is 0 Å². The van der Waals surface area contributed by atoms with E-state index in [0.717, 1.165) is 10.5 Å². The van der Waals surface area contributed by atoms with Crippen molar-refractivity contribution < 1.29 is 38.9 Å². The number of imide groups is 1. The second kappa shape index (κ2) is 9.41. The molecule has 4 atom stereocenters. The number of benzene rings is 2. The SMILES string of the molecule is COc1ccc([C@H]2C3=CC[C@@H]4C(=O)N(c5cccc(C(=O)O)c5)C(=O)[C@@H]4[C@@H]3CC3=C2C(=O)C=C(Br)C3=O)cc1O. The molecule has 1 heterocycles. The lowest BCUT2D eigenvalue weighted by Crippen LogP contribution is -2.39. The number of allylic oxidation sites excluding steroid dienone is 6. The Labute approximate surface area is 236 Å². The molecule has 0 aromatic heterocycles. The van der Waals surface area contributed by atoms with Crippen molar-refractivity contribution in [3.63, 3.8) is 0 Å². The molecule has 9 nitrogen and oxygen atoms in total. The van der Waals surface area contributed by atoms with Gasteiger partial charge in [0.1, 0.15) is 0 Å². The van der Waals surface area contributed by atoms with E-state index in [2.05, 4.69) is 15.9 Å². The fourth-order valence-corrected chi connectivity index (χ4v) is 6.95. The van der Waals surface area contributed by atoms with Gasteiger partial charge in [0, 0.05) is 23.1 Å². The van der Waals surface area contributed by atoms with Gasteiger partial charge in [0.05, 0.1) is 34.7 Å². The van der Waals surface area contributed by atoms with E-state index in [4.69, 9.17) is 4.74 Å². The number of carboxylic acids is 1. The minimum atomic E-state index is -1.18. The molecule has 0 spiro atoms. The number of hydrogen-bond donors (Lipinski definition) is 2. The molecular formula is C30H22BrNO8. The number of aromatic carboxylic acids is 1. The molecule has 0 unspecified atom stereocenters. The normalized spacial score (nSPS) is 25.7. The summed E-state index contributed by atoms with van der Waals surface area (Å²) in [7, 11) is 1.42. The number of hydrogen-bond acceptors (Lipinski definition) is 7. The van der Waals surface area contributed by atoms with Gasteiger partial charge in [-0.1, -0.05) is 23.8 Å². The fraction of sp³-hybridized carbons (Fsp3) is 0.233. The topological polar surface area (TPSA) is 138 Å². The van der Waals surface area contributed by atoms with E-state index in [1.54, 1.807) is 12.1 Å². The molecule has 0 bridgehead atoms. The lowest BCUT2D eigenvalue weighted by atomic mass is 9.59. The average Bonchev–Trinajstić information content (AvgIpc) is 3.20. The number of rotatable bonds is 4. The van der Waals surface area contributed by atoms with E-state index in [-0.39, 0.29) is 57.2 Å². The predicted octanol–water partition coefficient (Wildman–Crippen LogP) is 4.07. The Balaban J connectivity index is 1.47. The van der Waals surface area contributed by atoms with Gasteiger partial charge >= 0.3 is 5.97 Å². The van der Waals surface area contributed by atoms with E-state index >= 15 is 0 Å². The number of nitrogens with zero attached hydrogens (tertiary/aromatic N) is 1. The Bertz CT molecular complexity index is 1650. The largest absolute Gasteiger partial charge is 0.504 e. The molecule has 6 rings (SSSR count). The molecule has 2 amide bonds. The van der Waals surface area contributed by atoms with Gasteiger partial charge in [-0.25, -0.2) is 4.79 Å². The van der Waals surface area contributed by atoms with Crippen LogP contribution < -0.4 is 9.64 Å². The number of carbonyl (C=O) groups is 5. The van der Waals surface area contributed by atoms with Crippen LogP contribution in [0.5, 0.6) is 11.5 Å². The monoisotopic (exact) mass is 603 g/mol. The maximum Gasteiger partial charge on any atom is 0.335 e. The van der Waals surface area contributed by atoms with E-state index in [9.17, 15) is 34.2 Å². The summed E-state index contributed by atoms with van der Waals surface area (Å²) < 4.78 is 5.29. The summed E-state index contributed by atoms with van der Waals surface area (Å²) in [5, 5.41) is 20.0. The van der Waals surface area contributed by atoms with Crippen LogP contribution in [-0.2, 0) is 19.2 Å². The highest BCUT2D eigenvalue weighted by Crippen LogP contribution is 2.56. The van der Waals surface area contributed by atoms with Gasteiger partial charge < -0.3 is 14.9 Å². The minimum absolute atomic E-state index is 0.0541. The van der Waals surface area contributed by atoms with Crippen LogP contribution in [-0.4, -0.2) is 46.7 Å². The van der Waals surface area contributed by atoms with Gasteiger partial charge in [-0.3, -0.25) is 24.1 Å². The number of anilines is 1. The number of ether oxygens (including phenoxy) is 1. The molecule has 2 aromatic rings. The zero-order valence-corrected chi connectivity index (χ0v) is 22.7. The first-order chi connectivity index (χ1) is 19.1. The van der Waals surface area contributed by atoms with E-state index in [0.29, 0.717) is 11.1 Å².